The number of esters is 2. The summed E-state index contributed by atoms with van der Waals surface area (Å²) in [7, 11) is 0. The van der Waals surface area contributed by atoms with Crippen molar-refractivity contribution in [2.75, 3.05) is 39.4 Å². The molecule has 2 fully saturated rings. The zero-order valence-electron chi connectivity index (χ0n) is 18.9. The van der Waals surface area contributed by atoms with Crippen LogP contribution in [0.5, 0.6) is 0 Å². The van der Waals surface area contributed by atoms with Crippen LogP contribution in [0.3, 0.4) is 0 Å². The summed E-state index contributed by atoms with van der Waals surface area (Å²) in [6.07, 6.45) is 2.06. The molecule has 2 saturated heterocycles. The van der Waals surface area contributed by atoms with Crippen molar-refractivity contribution in [3.05, 3.63) is 41.2 Å². The first-order valence-electron chi connectivity index (χ1n) is 11.7. The quantitative estimate of drug-likeness (QED) is 0.550. The summed E-state index contributed by atoms with van der Waals surface area (Å²) in [4.78, 5) is 26.5. The molecule has 2 aliphatic heterocycles. The first-order chi connectivity index (χ1) is 16.0. The van der Waals surface area contributed by atoms with Gasteiger partial charge in [-0.15, -0.1) is 22.7 Å². The molecular formula is C24H29BrN2O4S2. The molecule has 2 aromatic heterocycles. The third kappa shape index (κ3) is 4.20. The lowest BCUT2D eigenvalue weighted by atomic mass is 10.0. The molecule has 0 amide bonds. The maximum atomic E-state index is 11.9. The fourth-order valence-electron chi connectivity index (χ4n) is 5.69. The van der Waals surface area contributed by atoms with E-state index in [0.29, 0.717) is 36.9 Å². The van der Waals surface area contributed by atoms with Gasteiger partial charge in [0.25, 0.3) is 0 Å². The Balaban J connectivity index is 0.000000139. The molecule has 0 spiro atoms. The van der Waals surface area contributed by atoms with Gasteiger partial charge in [-0.05, 0) is 78.7 Å². The number of nitrogens with one attached hydrogen (secondary N) is 2. The van der Waals surface area contributed by atoms with Crippen molar-refractivity contribution in [2.45, 2.75) is 38.5 Å². The van der Waals surface area contributed by atoms with E-state index in [1.165, 1.54) is 20.9 Å². The molecule has 4 heterocycles. The molecule has 0 saturated carbocycles. The Morgan fingerprint density at radius 3 is 2.21 bits per heavy atom. The Labute approximate surface area is 210 Å². The van der Waals surface area contributed by atoms with E-state index in [-0.39, 0.29) is 11.9 Å². The SMILES string of the molecule is CCOC(=O)c1c(Br)sc2c1CC1CNCC21.CCOC(=O)c1csc2c1CC1CNCC21. The number of hydrogen-bond donors (Lipinski definition) is 2. The number of carbonyl (C=O) groups is 2. The van der Waals surface area contributed by atoms with E-state index < -0.39 is 0 Å². The lowest BCUT2D eigenvalue weighted by molar-refractivity contribution is 0.0515. The Morgan fingerprint density at radius 1 is 0.939 bits per heavy atom. The van der Waals surface area contributed by atoms with Gasteiger partial charge in [0, 0.05) is 40.1 Å². The maximum Gasteiger partial charge on any atom is 0.340 e. The predicted octanol–water partition coefficient (Wildman–Crippen LogP) is 4.33. The van der Waals surface area contributed by atoms with E-state index >= 15 is 0 Å². The van der Waals surface area contributed by atoms with Crippen molar-refractivity contribution in [1.82, 2.24) is 10.6 Å². The maximum absolute atomic E-state index is 11.9. The van der Waals surface area contributed by atoms with E-state index in [0.717, 1.165) is 53.9 Å². The topological polar surface area (TPSA) is 76.7 Å². The molecule has 0 radical (unpaired) electrons. The molecule has 4 atom stereocenters. The van der Waals surface area contributed by atoms with Crippen LogP contribution in [0.2, 0.25) is 0 Å². The Morgan fingerprint density at radius 2 is 1.55 bits per heavy atom. The number of rotatable bonds is 4. The van der Waals surface area contributed by atoms with Crippen LogP contribution in [0.15, 0.2) is 9.17 Å². The van der Waals surface area contributed by atoms with Crippen molar-refractivity contribution in [2.24, 2.45) is 11.8 Å². The summed E-state index contributed by atoms with van der Waals surface area (Å²) in [6.45, 7) is 8.87. The third-order valence-corrected chi connectivity index (χ3v) is 10.4. The predicted molar refractivity (Wildman–Crippen MR) is 134 cm³/mol. The zero-order chi connectivity index (χ0) is 23.1. The van der Waals surface area contributed by atoms with Gasteiger partial charge in [0.2, 0.25) is 0 Å². The summed E-state index contributed by atoms with van der Waals surface area (Å²) >= 11 is 6.95. The van der Waals surface area contributed by atoms with E-state index in [1.54, 1.807) is 22.7 Å². The summed E-state index contributed by atoms with van der Waals surface area (Å²) in [5.74, 6) is 2.31. The van der Waals surface area contributed by atoms with Gasteiger partial charge in [-0.1, -0.05) is 0 Å². The first kappa shape index (κ1) is 23.5. The molecule has 6 nitrogen and oxygen atoms in total. The Hall–Kier alpha value is -1.26. The monoisotopic (exact) mass is 552 g/mol. The minimum absolute atomic E-state index is 0.145. The van der Waals surface area contributed by atoms with Gasteiger partial charge < -0.3 is 20.1 Å². The molecule has 33 heavy (non-hydrogen) atoms. The van der Waals surface area contributed by atoms with Gasteiger partial charge in [0.05, 0.1) is 28.1 Å². The first-order valence-corrected chi connectivity index (χ1v) is 14.2. The summed E-state index contributed by atoms with van der Waals surface area (Å²) < 4.78 is 11.2. The van der Waals surface area contributed by atoms with Gasteiger partial charge in [-0.2, -0.15) is 0 Å². The van der Waals surface area contributed by atoms with Crippen molar-refractivity contribution in [1.29, 1.82) is 0 Å². The second-order valence-corrected chi connectivity index (χ2v) is 12.3. The molecule has 0 bridgehead atoms. The van der Waals surface area contributed by atoms with Crippen LogP contribution in [-0.2, 0) is 22.3 Å². The molecule has 4 aliphatic rings. The number of fused-ring (bicyclic) bond motifs is 6. The van der Waals surface area contributed by atoms with Crippen molar-refractivity contribution < 1.29 is 19.1 Å². The van der Waals surface area contributed by atoms with Crippen LogP contribution in [0.4, 0.5) is 0 Å². The highest BCUT2D eigenvalue weighted by molar-refractivity contribution is 9.11. The van der Waals surface area contributed by atoms with Crippen LogP contribution in [-0.4, -0.2) is 51.3 Å². The van der Waals surface area contributed by atoms with E-state index in [2.05, 4.69) is 26.6 Å². The molecule has 0 aromatic carbocycles. The Bertz CT molecular complexity index is 1070. The fraction of sp³-hybridized carbons (Fsp3) is 0.583. The number of hydrogen-bond acceptors (Lipinski definition) is 8. The largest absolute Gasteiger partial charge is 0.462 e. The highest BCUT2D eigenvalue weighted by atomic mass is 79.9. The number of ether oxygens (including phenoxy) is 2. The van der Waals surface area contributed by atoms with Gasteiger partial charge in [-0.3, -0.25) is 0 Å². The lowest BCUT2D eigenvalue weighted by Gasteiger charge is -2.06. The van der Waals surface area contributed by atoms with E-state index in [9.17, 15) is 9.59 Å². The van der Waals surface area contributed by atoms with Crippen molar-refractivity contribution in [3.8, 4) is 0 Å². The average Bonchev–Trinajstić information content (AvgIpc) is 3.57. The van der Waals surface area contributed by atoms with Crippen LogP contribution in [0.25, 0.3) is 0 Å². The standard InChI is InChI=1S/C12H14BrNO2S.C12H15NO2S/c1-2-16-12(15)9-7-3-6-4-14-5-8(6)10(7)17-11(9)13;1-2-15-12(14)10-6-16-11-8(10)3-7-4-13-5-9(7)11/h6,8,14H,2-5H2,1H3;6-7,9,13H,2-5H2,1H3. The minimum atomic E-state index is -0.176. The summed E-state index contributed by atoms with van der Waals surface area (Å²) in [5.41, 5.74) is 4.09. The molecule has 4 unspecified atom stereocenters. The lowest BCUT2D eigenvalue weighted by Crippen LogP contribution is -2.12. The molecular weight excluding hydrogens is 524 g/mol. The molecule has 6 rings (SSSR count). The fourth-order valence-corrected chi connectivity index (χ4v) is 9.12. The average molecular weight is 554 g/mol. The molecule has 2 N–H and O–H groups in total. The second-order valence-electron chi connectivity index (χ2n) is 8.98. The number of carbonyl (C=O) groups excluding carboxylic acids is 2. The van der Waals surface area contributed by atoms with Crippen LogP contribution in [0, 0.1) is 11.8 Å². The number of halogens is 1. The third-order valence-electron chi connectivity index (χ3n) is 7.18. The Kier molecular flexibility index (Phi) is 6.96. The smallest absolute Gasteiger partial charge is 0.340 e. The molecule has 9 heteroatoms. The van der Waals surface area contributed by atoms with Gasteiger partial charge >= 0.3 is 11.9 Å². The number of thiophene rings is 2. The highest BCUT2D eigenvalue weighted by Crippen LogP contribution is 2.49. The molecule has 2 aliphatic carbocycles. The molecule has 2 aromatic rings. The normalized spacial score (nSPS) is 26.2. The van der Waals surface area contributed by atoms with Crippen molar-refractivity contribution in [3.63, 3.8) is 0 Å². The van der Waals surface area contributed by atoms with Crippen LogP contribution < -0.4 is 10.6 Å². The second kappa shape index (κ2) is 9.77. The zero-order valence-corrected chi connectivity index (χ0v) is 22.1. The molecule has 178 valence electrons. The van der Waals surface area contributed by atoms with Gasteiger partial charge in [0.15, 0.2) is 0 Å². The van der Waals surface area contributed by atoms with Crippen LogP contribution >= 0.6 is 38.6 Å². The minimum Gasteiger partial charge on any atom is -0.462 e. The highest BCUT2D eigenvalue weighted by Gasteiger charge is 2.41. The van der Waals surface area contributed by atoms with Crippen LogP contribution in [0.1, 0.15) is 67.3 Å². The van der Waals surface area contributed by atoms with Gasteiger partial charge in [0.1, 0.15) is 0 Å². The van der Waals surface area contributed by atoms with E-state index in [4.69, 9.17) is 9.47 Å². The van der Waals surface area contributed by atoms with Crippen molar-refractivity contribution >= 4 is 50.5 Å². The summed E-state index contributed by atoms with van der Waals surface area (Å²) in [6, 6.07) is 0. The van der Waals surface area contributed by atoms with E-state index in [1.807, 2.05) is 19.2 Å². The van der Waals surface area contributed by atoms with Gasteiger partial charge in [-0.25, -0.2) is 9.59 Å². The summed E-state index contributed by atoms with van der Waals surface area (Å²) in [5, 5.41) is 8.81.